The summed E-state index contributed by atoms with van der Waals surface area (Å²) in [5.74, 6) is 0.422. The van der Waals surface area contributed by atoms with E-state index in [0.717, 1.165) is 4.47 Å². The van der Waals surface area contributed by atoms with Gasteiger partial charge in [0.1, 0.15) is 0 Å². The zero-order valence-corrected chi connectivity index (χ0v) is 9.34. The number of ether oxygens (including phenoxy) is 1. The van der Waals surface area contributed by atoms with Crippen LogP contribution in [0.1, 0.15) is 18.4 Å². The summed E-state index contributed by atoms with van der Waals surface area (Å²) >= 11 is 3.31. The molecule has 76 valence electrons. The van der Waals surface area contributed by atoms with Crippen LogP contribution in [0.5, 0.6) is 11.5 Å². The third-order valence-electron chi connectivity index (χ3n) is 2.48. The van der Waals surface area contributed by atoms with Crippen LogP contribution >= 0.6 is 15.9 Å². The van der Waals surface area contributed by atoms with Crippen LogP contribution in [0.2, 0.25) is 0 Å². The highest BCUT2D eigenvalue weighted by Crippen LogP contribution is 2.51. The molecule has 1 aromatic rings. The van der Waals surface area contributed by atoms with Gasteiger partial charge in [-0.1, -0.05) is 15.9 Å². The molecule has 1 aliphatic rings. The molecule has 0 spiro atoms. The Morgan fingerprint density at radius 2 is 2.07 bits per heavy atom. The van der Waals surface area contributed by atoms with Crippen LogP contribution in [0.15, 0.2) is 16.6 Å². The van der Waals surface area contributed by atoms with E-state index in [0.29, 0.717) is 24.2 Å². The van der Waals surface area contributed by atoms with Crippen LogP contribution < -0.4 is 4.74 Å². The van der Waals surface area contributed by atoms with Gasteiger partial charge in [0, 0.05) is 10.0 Å². The van der Waals surface area contributed by atoms with Crippen molar-refractivity contribution in [1.82, 2.24) is 0 Å². The molecule has 0 radical (unpaired) electrons. The van der Waals surface area contributed by atoms with Crippen molar-refractivity contribution in [2.45, 2.75) is 18.4 Å². The molecule has 0 aromatic heterocycles. The number of rotatable bonds is 2. The van der Waals surface area contributed by atoms with Crippen LogP contribution in [-0.2, 0) is 5.60 Å². The Morgan fingerprint density at radius 1 is 1.43 bits per heavy atom. The van der Waals surface area contributed by atoms with Crippen LogP contribution in [0.25, 0.3) is 0 Å². The van der Waals surface area contributed by atoms with Crippen molar-refractivity contribution >= 4 is 15.9 Å². The van der Waals surface area contributed by atoms with Crippen LogP contribution in [0.3, 0.4) is 0 Å². The zero-order chi connectivity index (χ0) is 10.3. The minimum Gasteiger partial charge on any atom is -0.504 e. The number of phenols is 1. The van der Waals surface area contributed by atoms with E-state index in [-0.39, 0.29) is 5.75 Å². The minimum absolute atomic E-state index is 0.0377. The van der Waals surface area contributed by atoms with Crippen molar-refractivity contribution in [3.8, 4) is 11.5 Å². The molecule has 2 N–H and O–H groups in total. The molecule has 1 aliphatic carbocycles. The van der Waals surface area contributed by atoms with Gasteiger partial charge >= 0.3 is 0 Å². The van der Waals surface area contributed by atoms with E-state index < -0.39 is 5.60 Å². The van der Waals surface area contributed by atoms with Gasteiger partial charge in [0.15, 0.2) is 11.5 Å². The zero-order valence-electron chi connectivity index (χ0n) is 7.75. The molecule has 0 saturated heterocycles. The summed E-state index contributed by atoms with van der Waals surface area (Å²) in [6, 6.07) is 3.40. The second-order valence-electron chi connectivity index (χ2n) is 3.54. The summed E-state index contributed by atoms with van der Waals surface area (Å²) in [4.78, 5) is 0. The topological polar surface area (TPSA) is 49.7 Å². The fourth-order valence-corrected chi connectivity index (χ4v) is 1.91. The summed E-state index contributed by atoms with van der Waals surface area (Å²) in [6.07, 6.45) is 1.39. The average molecular weight is 259 g/mol. The number of aromatic hydroxyl groups is 1. The predicted molar refractivity (Wildman–Crippen MR) is 55.5 cm³/mol. The molecule has 0 bridgehead atoms. The molecule has 14 heavy (non-hydrogen) atoms. The van der Waals surface area contributed by atoms with Gasteiger partial charge in [0.2, 0.25) is 0 Å². The third kappa shape index (κ3) is 1.48. The first kappa shape index (κ1) is 9.80. The first-order valence-corrected chi connectivity index (χ1v) is 5.15. The van der Waals surface area contributed by atoms with Crippen molar-refractivity contribution < 1.29 is 14.9 Å². The number of aliphatic hydroxyl groups is 1. The minimum atomic E-state index is -0.846. The molecule has 2 rings (SSSR count). The van der Waals surface area contributed by atoms with Crippen molar-refractivity contribution in [1.29, 1.82) is 0 Å². The predicted octanol–water partition coefficient (Wildman–Crippen LogP) is 2.14. The number of benzene rings is 1. The maximum atomic E-state index is 9.89. The van der Waals surface area contributed by atoms with E-state index in [9.17, 15) is 10.2 Å². The molecule has 4 heteroatoms. The Morgan fingerprint density at radius 3 is 2.57 bits per heavy atom. The summed E-state index contributed by atoms with van der Waals surface area (Å²) in [6.45, 7) is 0. The number of phenolic OH excluding ortho intramolecular Hbond substituents is 1. The summed E-state index contributed by atoms with van der Waals surface area (Å²) in [5, 5.41) is 19.7. The number of hydrogen-bond donors (Lipinski definition) is 2. The van der Waals surface area contributed by atoms with Crippen molar-refractivity contribution in [2.24, 2.45) is 0 Å². The van der Waals surface area contributed by atoms with Gasteiger partial charge < -0.3 is 14.9 Å². The lowest BCUT2D eigenvalue weighted by Crippen LogP contribution is -2.05. The quantitative estimate of drug-likeness (QED) is 0.855. The highest BCUT2D eigenvalue weighted by molar-refractivity contribution is 9.10. The molecule has 1 saturated carbocycles. The van der Waals surface area contributed by atoms with Gasteiger partial charge in [-0.3, -0.25) is 0 Å². The Kier molecular flexibility index (Phi) is 2.20. The molecule has 1 aromatic carbocycles. The molecule has 0 unspecified atom stereocenters. The summed E-state index contributed by atoms with van der Waals surface area (Å²) < 4.78 is 5.79. The molecule has 0 amide bonds. The maximum Gasteiger partial charge on any atom is 0.163 e. The third-order valence-corrected chi connectivity index (χ3v) is 2.94. The highest BCUT2D eigenvalue weighted by atomic mass is 79.9. The molecule has 1 fully saturated rings. The largest absolute Gasteiger partial charge is 0.504 e. The second-order valence-corrected chi connectivity index (χ2v) is 4.45. The van der Waals surface area contributed by atoms with Crippen molar-refractivity contribution in [2.75, 3.05) is 7.11 Å². The van der Waals surface area contributed by atoms with E-state index in [1.54, 1.807) is 12.1 Å². The molecule has 3 nitrogen and oxygen atoms in total. The normalized spacial score (nSPS) is 17.9. The second kappa shape index (κ2) is 3.14. The van der Waals surface area contributed by atoms with E-state index in [1.807, 2.05) is 0 Å². The van der Waals surface area contributed by atoms with E-state index in [4.69, 9.17) is 4.74 Å². The monoisotopic (exact) mass is 258 g/mol. The molecule has 0 heterocycles. The summed E-state index contributed by atoms with van der Waals surface area (Å²) in [5.41, 5.74) is -0.301. The Balaban J connectivity index is 2.54. The number of methoxy groups -OCH3 is 1. The Hall–Kier alpha value is -0.740. The number of hydrogen-bond acceptors (Lipinski definition) is 3. The fraction of sp³-hybridized carbons (Fsp3) is 0.400. The lowest BCUT2D eigenvalue weighted by Gasteiger charge is -2.13. The first-order valence-electron chi connectivity index (χ1n) is 4.36. The van der Waals surface area contributed by atoms with Gasteiger partial charge in [-0.2, -0.15) is 0 Å². The lowest BCUT2D eigenvalue weighted by atomic mass is 10.1. The standard InChI is InChI=1S/C10H11BrO3/c1-14-8-5-6(11)4-7(9(8)12)10(13)2-3-10/h4-5,12-13H,2-3H2,1H3. The number of halogens is 1. The molecular formula is C10H11BrO3. The Labute approximate surface area is 90.5 Å². The van der Waals surface area contributed by atoms with Crippen LogP contribution in [0, 0.1) is 0 Å². The first-order chi connectivity index (χ1) is 6.57. The van der Waals surface area contributed by atoms with E-state index in [1.165, 1.54) is 7.11 Å². The smallest absolute Gasteiger partial charge is 0.163 e. The van der Waals surface area contributed by atoms with E-state index >= 15 is 0 Å². The fourth-order valence-electron chi connectivity index (χ4n) is 1.47. The van der Waals surface area contributed by atoms with E-state index in [2.05, 4.69) is 15.9 Å². The van der Waals surface area contributed by atoms with Crippen molar-refractivity contribution in [3.63, 3.8) is 0 Å². The summed E-state index contributed by atoms with van der Waals surface area (Å²) in [7, 11) is 1.49. The molecular weight excluding hydrogens is 248 g/mol. The maximum absolute atomic E-state index is 9.89. The van der Waals surface area contributed by atoms with Gasteiger partial charge in [-0.25, -0.2) is 0 Å². The van der Waals surface area contributed by atoms with Crippen molar-refractivity contribution in [3.05, 3.63) is 22.2 Å². The average Bonchev–Trinajstić information content (AvgIpc) is 2.88. The van der Waals surface area contributed by atoms with Crippen LogP contribution in [0.4, 0.5) is 0 Å². The highest BCUT2D eigenvalue weighted by Gasteiger charge is 2.44. The van der Waals surface area contributed by atoms with Gasteiger partial charge in [0.25, 0.3) is 0 Å². The van der Waals surface area contributed by atoms with Gasteiger partial charge in [0.05, 0.1) is 12.7 Å². The molecule has 0 aliphatic heterocycles. The molecule has 0 atom stereocenters. The van der Waals surface area contributed by atoms with Gasteiger partial charge in [-0.15, -0.1) is 0 Å². The van der Waals surface area contributed by atoms with Crippen LogP contribution in [-0.4, -0.2) is 17.3 Å². The Bertz CT molecular complexity index is 372. The van der Waals surface area contributed by atoms with Gasteiger partial charge in [-0.05, 0) is 25.0 Å². The lowest BCUT2D eigenvalue weighted by molar-refractivity contribution is 0.147. The SMILES string of the molecule is COc1cc(Br)cc(C2(O)CC2)c1O.